The Bertz CT molecular complexity index is 864. The van der Waals surface area contributed by atoms with E-state index in [1.54, 1.807) is 23.5 Å². The molecule has 1 aromatic carbocycles. The summed E-state index contributed by atoms with van der Waals surface area (Å²) in [4.78, 5) is 31.7. The molecule has 1 fully saturated rings. The molecule has 2 aliphatic rings. The van der Waals surface area contributed by atoms with E-state index < -0.39 is 0 Å². The minimum atomic E-state index is -0.344. The van der Waals surface area contributed by atoms with Crippen LogP contribution >= 0.6 is 11.3 Å². The van der Waals surface area contributed by atoms with Gasteiger partial charge in [-0.25, -0.2) is 4.98 Å². The third kappa shape index (κ3) is 4.58. The Morgan fingerprint density at radius 3 is 2.62 bits per heavy atom. The Labute approximate surface area is 174 Å². The average molecular weight is 415 g/mol. The molecule has 0 saturated carbocycles. The molecule has 154 valence electrons. The van der Waals surface area contributed by atoms with Crippen LogP contribution in [0.2, 0.25) is 0 Å². The van der Waals surface area contributed by atoms with Crippen LogP contribution in [-0.2, 0) is 17.6 Å². The fourth-order valence-corrected chi connectivity index (χ4v) is 5.29. The molecule has 0 unspecified atom stereocenters. The topological polar surface area (TPSA) is 88.4 Å². The predicted molar refractivity (Wildman–Crippen MR) is 115 cm³/mol. The van der Waals surface area contributed by atoms with Gasteiger partial charge in [-0.2, -0.15) is 0 Å². The molecule has 0 bridgehead atoms. The van der Waals surface area contributed by atoms with E-state index >= 15 is 0 Å². The number of fused-ring (bicyclic) bond motifs is 1. The van der Waals surface area contributed by atoms with Crippen LogP contribution in [0.4, 0.5) is 16.5 Å². The Balaban J connectivity index is 1.36. The maximum atomic E-state index is 12.8. The first-order valence-corrected chi connectivity index (χ1v) is 11.2. The molecule has 1 aromatic heterocycles. The van der Waals surface area contributed by atoms with Crippen LogP contribution in [0.5, 0.6) is 0 Å². The average Bonchev–Trinajstić information content (AvgIpc) is 3.08. The molecule has 1 amide bonds. The lowest BCUT2D eigenvalue weighted by Gasteiger charge is -2.32. The van der Waals surface area contributed by atoms with Crippen molar-refractivity contribution in [2.45, 2.75) is 51.4 Å². The lowest BCUT2D eigenvalue weighted by molar-refractivity contribution is -0.384. The summed E-state index contributed by atoms with van der Waals surface area (Å²) >= 11 is 1.62. The summed E-state index contributed by atoms with van der Waals surface area (Å²) < 4.78 is 0. The first-order chi connectivity index (χ1) is 14.1. The normalized spacial score (nSPS) is 17.9. The third-order valence-corrected chi connectivity index (χ3v) is 6.93. The highest BCUT2D eigenvalue weighted by atomic mass is 32.1. The van der Waals surface area contributed by atoms with Gasteiger partial charge < -0.3 is 10.2 Å². The van der Waals surface area contributed by atoms with E-state index in [2.05, 4.69) is 10.3 Å². The van der Waals surface area contributed by atoms with E-state index in [0.29, 0.717) is 31.6 Å². The molecule has 1 aliphatic heterocycles. The van der Waals surface area contributed by atoms with Gasteiger partial charge in [0.1, 0.15) is 5.69 Å². The second kappa shape index (κ2) is 8.90. The van der Waals surface area contributed by atoms with Gasteiger partial charge in [0.2, 0.25) is 5.91 Å². The number of benzene rings is 1. The summed E-state index contributed by atoms with van der Waals surface area (Å²) in [7, 11) is 0. The van der Waals surface area contributed by atoms with Crippen molar-refractivity contribution in [1.29, 1.82) is 0 Å². The van der Waals surface area contributed by atoms with Gasteiger partial charge in [0.05, 0.1) is 10.6 Å². The number of hydrogen-bond acceptors (Lipinski definition) is 6. The molecule has 0 radical (unpaired) electrons. The fraction of sp³-hybridized carbons (Fsp3) is 0.524. The molecule has 4 rings (SSSR count). The Kier molecular flexibility index (Phi) is 6.08. The van der Waals surface area contributed by atoms with Gasteiger partial charge in [0.15, 0.2) is 5.13 Å². The SMILES string of the molecule is O=C(Nc1nc2c(s1)CCCCCC2)C1CCN(c2ccccc2[N+](=O)[O-])CC1. The van der Waals surface area contributed by atoms with E-state index in [1.165, 1.54) is 36.6 Å². The quantitative estimate of drug-likeness (QED) is 0.585. The van der Waals surface area contributed by atoms with Gasteiger partial charge in [0.25, 0.3) is 5.69 Å². The number of rotatable bonds is 4. The van der Waals surface area contributed by atoms with Gasteiger partial charge in [-0.1, -0.05) is 25.0 Å². The second-order valence-corrected chi connectivity index (χ2v) is 8.88. The van der Waals surface area contributed by atoms with Crippen molar-refractivity contribution < 1.29 is 9.72 Å². The van der Waals surface area contributed by atoms with Crippen molar-refractivity contribution >= 4 is 33.8 Å². The molecule has 2 heterocycles. The number of anilines is 2. The van der Waals surface area contributed by atoms with Crippen molar-refractivity contribution in [2.75, 3.05) is 23.3 Å². The molecular weight excluding hydrogens is 388 g/mol. The van der Waals surface area contributed by atoms with Crippen LogP contribution in [0.3, 0.4) is 0 Å². The molecule has 8 heteroatoms. The highest BCUT2D eigenvalue weighted by Crippen LogP contribution is 2.32. The van der Waals surface area contributed by atoms with Crippen molar-refractivity contribution in [1.82, 2.24) is 4.98 Å². The van der Waals surface area contributed by atoms with Gasteiger partial charge in [-0.3, -0.25) is 14.9 Å². The first-order valence-electron chi connectivity index (χ1n) is 10.4. The van der Waals surface area contributed by atoms with Crippen LogP contribution in [0.15, 0.2) is 24.3 Å². The molecule has 1 N–H and O–H groups in total. The molecule has 0 spiro atoms. The largest absolute Gasteiger partial charge is 0.366 e. The summed E-state index contributed by atoms with van der Waals surface area (Å²) in [5.41, 5.74) is 1.92. The Morgan fingerprint density at radius 1 is 1.14 bits per heavy atom. The maximum Gasteiger partial charge on any atom is 0.292 e. The second-order valence-electron chi connectivity index (χ2n) is 7.80. The zero-order valence-corrected chi connectivity index (χ0v) is 17.2. The lowest BCUT2D eigenvalue weighted by atomic mass is 9.95. The summed E-state index contributed by atoms with van der Waals surface area (Å²) in [6, 6.07) is 6.81. The number of aryl methyl sites for hydroxylation is 2. The minimum absolute atomic E-state index is 0.0222. The maximum absolute atomic E-state index is 12.8. The highest BCUT2D eigenvalue weighted by Gasteiger charge is 2.28. The zero-order valence-electron chi connectivity index (χ0n) is 16.4. The van der Waals surface area contributed by atoms with Crippen molar-refractivity contribution in [3.05, 3.63) is 45.0 Å². The molecule has 0 atom stereocenters. The van der Waals surface area contributed by atoms with Crippen LogP contribution in [-0.4, -0.2) is 28.9 Å². The van der Waals surface area contributed by atoms with Gasteiger partial charge in [-0.15, -0.1) is 11.3 Å². The zero-order chi connectivity index (χ0) is 20.2. The number of nitrogens with zero attached hydrogens (tertiary/aromatic N) is 3. The number of nitrogens with one attached hydrogen (secondary N) is 1. The molecule has 1 saturated heterocycles. The lowest BCUT2D eigenvalue weighted by Crippen LogP contribution is -2.38. The number of aromatic nitrogens is 1. The predicted octanol–water partition coefficient (Wildman–Crippen LogP) is 4.57. The number of piperidine rings is 1. The van der Waals surface area contributed by atoms with E-state index in [-0.39, 0.29) is 22.4 Å². The number of amides is 1. The van der Waals surface area contributed by atoms with E-state index in [4.69, 9.17) is 0 Å². The highest BCUT2D eigenvalue weighted by molar-refractivity contribution is 7.15. The molecule has 2 aromatic rings. The van der Waals surface area contributed by atoms with Crippen molar-refractivity contribution in [3.8, 4) is 0 Å². The summed E-state index contributed by atoms with van der Waals surface area (Å²) in [5, 5.41) is 15.0. The van der Waals surface area contributed by atoms with Crippen LogP contribution in [0, 0.1) is 16.0 Å². The van der Waals surface area contributed by atoms with Gasteiger partial charge >= 0.3 is 0 Å². The Morgan fingerprint density at radius 2 is 1.86 bits per heavy atom. The van der Waals surface area contributed by atoms with Crippen LogP contribution in [0.25, 0.3) is 0 Å². The molecule has 7 nitrogen and oxygen atoms in total. The minimum Gasteiger partial charge on any atom is -0.366 e. The smallest absolute Gasteiger partial charge is 0.292 e. The Hall–Kier alpha value is -2.48. The van der Waals surface area contributed by atoms with E-state index in [1.807, 2.05) is 11.0 Å². The fourth-order valence-electron chi connectivity index (χ4n) is 4.24. The van der Waals surface area contributed by atoms with Crippen LogP contribution in [0.1, 0.15) is 49.1 Å². The number of nitro groups is 1. The number of carbonyl (C=O) groups excluding carboxylic acids is 1. The van der Waals surface area contributed by atoms with Gasteiger partial charge in [0, 0.05) is 30.0 Å². The summed E-state index contributed by atoms with van der Waals surface area (Å²) in [5.74, 6) is -0.0607. The molecule has 29 heavy (non-hydrogen) atoms. The number of thiazole rings is 1. The monoisotopic (exact) mass is 414 g/mol. The van der Waals surface area contributed by atoms with Gasteiger partial charge in [-0.05, 0) is 44.6 Å². The number of hydrogen-bond donors (Lipinski definition) is 1. The van der Waals surface area contributed by atoms with E-state index in [9.17, 15) is 14.9 Å². The first kappa shape index (κ1) is 19.8. The van der Waals surface area contributed by atoms with Crippen molar-refractivity contribution in [2.24, 2.45) is 5.92 Å². The van der Waals surface area contributed by atoms with Crippen molar-refractivity contribution in [3.63, 3.8) is 0 Å². The number of para-hydroxylation sites is 2. The summed E-state index contributed by atoms with van der Waals surface area (Å²) in [6.07, 6.45) is 8.36. The van der Waals surface area contributed by atoms with E-state index in [0.717, 1.165) is 23.7 Å². The third-order valence-electron chi connectivity index (χ3n) is 5.86. The summed E-state index contributed by atoms with van der Waals surface area (Å²) in [6.45, 7) is 1.27. The standard InChI is InChI=1S/C21H26N4O3S/c26-20(23-21-22-16-7-3-1-2-4-10-19(16)29-21)15-11-13-24(14-12-15)17-8-5-6-9-18(17)25(27)28/h5-6,8-9,15H,1-4,7,10-14H2,(H,22,23,26). The number of carbonyl (C=O) groups is 1. The molecule has 1 aliphatic carbocycles. The number of nitro benzene ring substituents is 1. The van der Waals surface area contributed by atoms with Crippen LogP contribution < -0.4 is 10.2 Å². The molecular formula is C21H26N4O3S.